The van der Waals surface area contributed by atoms with Crippen molar-refractivity contribution < 1.29 is 9.59 Å². The van der Waals surface area contributed by atoms with Gasteiger partial charge in [0.1, 0.15) is 0 Å². The zero-order chi connectivity index (χ0) is 15.7. The first-order valence-electron chi connectivity index (χ1n) is 6.90. The molecule has 5 N–H and O–H groups in total. The first kappa shape index (κ1) is 16.7. The Labute approximate surface area is 125 Å². The van der Waals surface area contributed by atoms with Crippen molar-refractivity contribution in [3.05, 3.63) is 35.4 Å². The molecule has 1 rings (SSSR count). The van der Waals surface area contributed by atoms with Gasteiger partial charge in [0.2, 0.25) is 5.91 Å². The maximum absolute atomic E-state index is 11.9. The Morgan fingerprint density at radius 3 is 2.48 bits per heavy atom. The molecule has 5 heteroatoms. The summed E-state index contributed by atoms with van der Waals surface area (Å²) in [6.45, 7) is 0.538. The van der Waals surface area contributed by atoms with Crippen LogP contribution >= 0.6 is 0 Å². The Morgan fingerprint density at radius 2 is 1.90 bits per heavy atom. The molecular weight excluding hydrogens is 266 g/mol. The lowest BCUT2D eigenvalue weighted by Gasteiger charge is -2.08. The van der Waals surface area contributed by atoms with E-state index in [-0.39, 0.29) is 5.91 Å². The number of unbranched alkanes of at least 4 members (excludes halogenated alkanes) is 1. The van der Waals surface area contributed by atoms with Crippen LogP contribution in [0, 0.1) is 12.3 Å². The Hall–Kier alpha value is -2.32. The molecule has 0 aromatic heterocycles. The summed E-state index contributed by atoms with van der Waals surface area (Å²) in [6.07, 6.45) is 7.81. The molecule has 0 unspecified atom stereocenters. The molecule has 2 amide bonds. The quantitative estimate of drug-likeness (QED) is 0.481. The van der Waals surface area contributed by atoms with Gasteiger partial charge in [-0.2, -0.15) is 0 Å². The second-order valence-electron chi connectivity index (χ2n) is 4.84. The van der Waals surface area contributed by atoms with Crippen LogP contribution in [0.25, 0.3) is 0 Å². The van der Waals surface area contributed by atoms with Crippen molar-refractivity contribution in [2.45, 2.75) is 31.7 Å². The van der Waals surface area contributed by atoms with Gasteiger partial charge in [-0.15, -0.1) is 12.3 Å². The zero-order valence-corrected chi connectivity index (χ0v) is 12.0. The van der Waals surface area contributed by atoms with Crippen molar-refractivity contribution in [1.82, 2.24) is 5.32 Å². The molecule has 0 spiro atoms. The summed E-state index contributed by atoms with van der Waals surface area (Å²) in [5.41, 5.74) is 12.2. The maximum atomic E-state index is 11.9. The van der Waals surface area contributed by atoms with E-state index >= 15 is 0 Å². The van der Waals surface area contributed by atoms with Crippen LogP contribution in [0.3, 0.4) is 0 Å². The molecule has 0 saturated heterocycles. The number of nitrogens with one attached hydrogen (secondary N) is 1. The van der Waals surface area contributed by atoms with E-state index in [1.165, 1.54) is 0 Å². The van der Waals surface area contributed by atoms with E-state index in [0.717, 1.165) is 18.4 Å². The largest absolute Gasteiger partial charge is 0.368 e. The standard InChI is InChI=1S/C16H21N3O2/c1-2-5-12-7-9-13(10-8-12)16(21)19-11-4-3-6-14(17)15(18)20/h1,7-10,14H,3-6,11,17H2,(H2,18,20)(H,19,21)/t14-/m0/s1. The SMILES string of the molecule is C#CCc1ccc(C(=O)NCCCC[C@H](N)C(N)=O)cc1. The molecule has 1 aromatic carbocycles. The van der Waals surface area contributed by atoms with Crippen LogP contribution in [0.2, 0.25) is 0 Å². The normalized spacial score (nSPS) is 11.4. The average molecular weight is 287 g/mol. The zero-order valence-electron chi connectivity index (χ0n) is 12.0. The molecular formula is C16H21N3O2. The van der Waals surface area contributed by atoms with Gasteiger partial charge in [-0.25, -0.2) is 0 Å². The van der Waals surface area contributed by atoms with E-state index in [9.17, 15) is 9.59 Å². The van der Waals surface area contributed by atoms with Crippen molar-refractivity contribution in [1.29, 1.82) is 0 Å². The van der Waals surface area contributed by atoms with Crippen LogP contribution in [0.15, 0.2) is 24.3 Å². The number of benzene rings is 1. The smallest absolute Gasteiger partial charge is 0.251 e. The molecule has 1 aromatic rings. The predicted molar refractivity (Wildman–Crippen MR) is 82.3 cm³/mol. The number of hydrogen-bond donors (Lipinski definition) is 3. The molecule has 0 aliphatic rings. The third kappa shape index (κ3) is 6.11. The molecule has 0 aliphatic heterocycles. The van der Waals surface area contributed by atoms with Gasteiger partial charge in [0, 0.05) is 18.5 Å². The molecule has 0 aliphatic carbocycles. The van der Waals surface area contributed by atoms with Gasteiger partial charge in [-0.1, -0.05) is 12.1 Å². The van der Waals surface area contributed by atoms with Crippen molar-refractivity contribution in [2.24, 2.45) is 11.5 Å². The van der Waals surface area contributed by atoms with Crippen molar-refractivity contribution >= 4 is 11.8 Å². The highest BCUT2D eigenvalue weighted by molar-refractivity contribution is 5.94. The molecule has 5 nitrogen and oxygen atoms in total. The average Bonchev–Trinajstić information content (AvgIpc) is 2.47. The summed E-state index contributed by atoms with van der Waals surface area (Å²) in [7, 11) is 0. The number of hydrogen-bond acceptors (Lipinski definition) is 3. The molecule has 0 heterocycles. The fourth-order valence-corrected chi connectivity index (χ4v) is 1.83. The van der Waals surface area contributed by atoms with E-state index in [2.05, 4.69) is 11.2 Å². The van der Waals surface area contributed by atoms with Gasteiger partial charge in [-0.3, -0.25) is 9.59 Å². The summed E-state index contributed by atoms with van der Waals surface area (Å²) in [5, 5.41) is 2.82. The molecule has 1 atom stereocenters. The first-order chi connectivity index (χ1) is 10.0. The van der Waals surface area contributed by atoms with Crippen LogP contribution in [-0.4, -0.2) is 24.4 Å². The van der Waals surface area contributed by atoms with Crippen molar-refractivity contribution in [2.75, 3.05) is 6.54 Å². The highest BCUT2D eigenvalue weighted by Crippen LogP contribution is 2.05. The van der Waals surface area contributed by atoms with Crippen LogP contribution in [-0.2, 0) is 11.2 Å². The Kier molecular flexibility index (Phi) is 6.99. The number of rotatable bonds is 8. The molecule has 112 valence electrons. The lowest BCUT2D eigenvalue weighted by atomic mass is 10.1. The second kappa shape index (κ2) is 8.77. The number of carbonyl (C=O) groups excluding carboxylic acids is 2. The minimum atomic E-state index is -0.607. The Bertz CT molecular complexity index is 517. The fraction of sp³-hybridized carbons (Fsp3) is 0.375. The van der Waals surface area contributed by atoms with Gasteiger partial charge in [-0.05, 0) is 37.0 Å². The lowest BCUT2D eigenvalue weighted by molar-refractivity contribution is -0.119. The highest BCUT2D eigenvalue weighted by Gasteiger charge is 2.08. The summed E-state index contributed by atoms with van der Waals surface area (Å²) >= 11 is 0. The van der Waals surface area contributed by atoms with Crippen LogP contribution in [0.4, 0.5) is 0 Å². The van der Waals surface area contributed by atoms with E-state index in [1.807, 2.05) is 12.1 Å². The number of primary amides is 1. The summed E-state index contributed by atoms with van der Waals surface area (Å²) in [4.78, 5) is 22.6. The van der Waals surface area contributed by atoms with Gasteiger partial charge in [0.25, 0.3) is 5.91 Å². The minimum absolute atomic E-state index is 0.124. The second-order valence-corrected chi connectivity index (χ2v) is 4.84. The van der Waals surface area contributed by atoms with Crippen molar-refractivity contribution in [3.8, 4) is 12.3 Å². The molecule has 0 fully saturated rings. The summed E-state index contributed by atoms with van der Waals surface area (Å²) < 4.78 is 0. The number of terminal acetylenes is 1. The molecule has 0 bridgehead atoms. The van der Waals surface area contributed by atoms with Crippen LogP contribution in [0.5, 0.6) is 0 Å². The van der Waals surface area contributed by atoms with Crippen LogP contribution < -0.4 is 16.8 Å². The van der Waals surface area contributed by atoms with E-state index < -0.39 is 11.9 Å². The topological polar surface area (TPSA) is 98.2 Å². The first-order valence-corrected chi connectivity index (χ1v) is 6.90. The van der Waals surface area contributed by atoms with E-state index in [4.69, 9.17) is 17.9 Å². The number of carbonyl (C=O) groups is 2. The third-order valence-corrected chi connectivity index (χ3v) is 3.12. The van der Waals surface area contributed by atoms with Gasteiger partial charge >= 0.3 is 0 Å². The van der Waals surface area contributed by atoms with Crippen molar-refractivity contribution in [3.63, 3.8) is 0 Å². The van der Waals surface area contributed by atoms with E-state index in [0.29, 0.717) is 24.9 Å². The minimum Gasteiger partial charge on any atom is -0.368 e. The number of amides is 2. The highest BCUT2D eigenvalue weighted by atomic mass is 16.2. The van der Waals surface area contributed by atoms with Gasteiger partial charge in [0.15, 0.2) is 0 Å². The lowest BCUT2D eigenvalue weighted by Crippen LogP contribution is -2.36. The third-order valence-electron chi connectivity index (χ3n) is 3.12. The Morgan fingerprint density at radius 1 is 1.24 bits per heavy atom. The maximum Gasteiger partial charge on any atom is 0.251 e. The molecule has 0 radical (unpaired) electrons. The number of nitrogens with two attached hydrogens (primary N) is 2. The predicted octanol–water partition coefficient (Wildman–Crippen LogP) is 0.575. The summed E-state index contributed by atoms with van der Waals surface area (Å²) in [5.74, 6) is 1.94. The van der Waals surface area contributed by atoms with Gasteiger partial charge < -0.3 is 16.8 Å². The van der Waals surface area contributed by atoms with Crippen LogP contribution in [0.1, 0.15) is 35.2 Å². The molecule has 21 heavy (non-hydrogen) atoms. The van der Waals surface area contributed by atoms with Gasteiger partial charge in [0.05, 0.1) is 6.04 Å². The molecule has 0 saturated carbocycles. The monoisotopic (exact) mass is 287 g/mol. The van der Waals surface area contributed by atoms with E-state index in [1.54, 1.807) is 12.1 Å². The Balaban J connectivity index is 2.28. The fourth-order valence-electron chi connectivity index (χ4n) is 1.83. The summed E-state index contributed by atoms with van der Waals surface area (Å²) in [6, 6.07) is 6.60.